The van der Waals surface area contributed by atoms with Crippen molar-refractivity contribution in [2.45, 2.75) is 51.7 Å². The van der Waals surface area contributed by atoms with Gasteiger partial charge in [-0.05, 0) is 24.7 Å². The second-order valence-corrected chi connectivity index (χ2v) is 6.57. The van der Waals surface area contributed by atoms with Crippen molar-refractivity contribution in [1.82, 2.24) is 4.90 Å². The number of fused-ring (bicyclic) bond motifs is 1. The lowest BCUT2D eigenvalue weighted by molar-refractivity contribution is 0.129. The van der Waals surface area contributed by atoms with E-state index in [2.05, 4.69) is 32.3 Å². The van der Waals surface area contributed by atoms with Crippen molar-refractivity contribution in [3.8, 4) is 0 Å². The predicted molar refractivity (Wildman–Crippen MR) is 61.6 cm³/mol. The van der Waals surface area contributed by atoms with E-state index in [0.29, 0.717) is 13.0 Å². The average molecular weight is 211 g/mol. The SMILES string of the molecule is C=C1CN2C[C@H](F)C[C@]2(CC(C)(C)C)C1. The van der Waals surface area contributed by atoms with Crippen molar-refractivity contribution in [3.63, 3.8) is 0 Å². The van der Waals surface area contributed by atoms with E-state index in [4.69, 9.17) is 0 Å². The minimum Gasteiger partial charge on any atom is -0.290 e. The predicted octanol–water partition coefficient (Wildman–Crippen LogP) is 3.17. The highest BCUT2D eigenvalue weighted by Crippen LogP contribution is 2.47. The molecule has 0 bridgehead atoms. The van der Waals surface area contributed by atoms with Gasteiger partial charge >= 0.3 is 0 Å². The first kappa shape index (κ1) is 11.1. The van der Waals surface area contributed by atoms with Gasteiger partial charge in [0.25, 0.3) is 0 Å². The topological polar surface area (TPSA) is 3.24 Å². The van der Waals surface area contributed by atoms with E-state index in [-0.39, 0.29) is 11.0 Å². The van der Waals surface area contributed by atoms with E-state index in [1.807, 2.05) is 0 Å². The lowest BCUT2D eigenvalue weighted by Crippen LogP contribution is -2.41. The summed E-state index contributed by atoms with van der Waals surface area (Å²) in [5.74, 6) is 0. The lowest BCUT2D eigenvalue weighted by atomic mass is 9.77. The molecule has 0 aromatic rings. The van der Waals surface area contributed by atoms with Crippen LogP contribution in [0.3, 0.4) is 0 Å². The summed E-state index contributed by atoms with van der Waals surface area (Å²) in [6, 6.07) is 0. The van der Waals surface area contributed by atoms with Crippen molar-refractivity contribution < 1.29 is 4.39 Å². The average Bonchev–Trinajstić information content (AvgIpc) is 2.33. The number of halogens is 1. The number of nitrogens with zero attached hydrogens (tertiary/aromatic N) is 1. The molecule has 15 heavy (non-hydrogen) atoms. The summed E-state index contributed by atoms with van der Waals surface area (Å²) in [7, 11) is 0. The summed E-state index contributed by atoms with van der Waals surface area (Å²) in [4.78, 5) is 2.32. The second kappa shape index (κ2) is 3.31. The maximum atomic E-state index is 13.5. The summed E-state index contributed by atoms with van der Waals surface area (Å²) >= 11 is 0. The van der Waals surface area contributed by atoms with Gasteiger partial charge in [0.1, 0.15) is 6.17 Å². The van der Waals surface area contributed by atoms with Gasteiger partial charge in [0.15, 0.2) is 0 Å². The fourth-order valence-electron chi connectivity index (χ4n) is 3.48. The molecule has 0 saturated carbocycles. The van der Waals surface area contributed by atoms with Gasteiger partial charge in [0, 0.05) is 18.6 Å². The summed E-state index contributed by atoms with van der Waals surface area (Å²) in [5, 5.41) is 0. The Morgan fingerprint density at radius 3 is 2.80 bits per heavy atom. The number of rotatable bonds is 1. The molecule has 2 saturated heterocycles. The van der Waals surface area contributed by atoms with Crippen molar-refractivity contribution >= 4 is 0 Å². The van der Waals surface area contributed by atoms with Crippen LogP contribution in [-0.4, -0.2) is 29.7 Å². The Morgan fingerprint density at radius 1 is 1.53 bits per heavy atom. The van der Waals surface area contributed by atoms with Gasteiger partial charge in [-0.2, -0.15) is 0 Å². The van der Waals surface area contributed by atoms with E-state index in [0.717, 1.165) is 19.4 Å². The Hall–Kier alpha value is -0.370. The van der Waals surface area contributed by atoms with Gasteiger partial charge in [-0.25, -0.2) is 4.39 Å². The van der Waals surface area contributed by atoms with Gasteiger partial charge < -0.3 is 0 Å². The second-order valence-electron chi connectivity index (χ2n) is 6.57. The van der Waals surface area contributed by atoms with E-state index in [9.17, 15) is 4.39 Å². The van der Waals surface area contributed by atoms with E-state index < -0.39 is 6.17 Å². The molecule has 1 nitrogen and oxygen atoms in total. The molecule has 0 aliphatic carbocycles. The van der Waals surface area contributed by atoms with E-state index in [1.165, 1.54) is 5.57 Å². The van der Waals surface area contributed by atoms with Gasteiger partial charge in [0.2, 0.25) is 0 Å². The maximum Gasteiger partial charge on any atom is 0.115 e. The Bertz CT molecular complexity index is 279. The quantitative estimate of drug-likeness (QED) is 0.602. The van der Waals surface area contributed by atoms with E-state index >= 15 is 0 Å². The molecule has 2 heteroatoms. The van der Waals surface area contributed by atoms with Crippen LogP contribution in [0.4, 0.5) is 4.39 Å². The van der Waals surface area contributed by atoms with Crippen LogP contribution < -0.4 is 0 Å². The number of hydrogen-bond acceptors (Lipinski definition) is 1. The highest BCUT2D eigenvalue weighted by molar-refractivity contribution is 5.19. The fraction of sp³-hybridized carbons (Fsp3) is 0.846. The van der Waals surface area contributed by atoms with E-state index in [1.54, 1.807) is 0 Å². The molecule has 2 rings (SSSR count). The molecule has 0 radical (unpaired) electrons. The molecule has 0 N–H and O–H groups in total. The molecule has 0 spiro atoms. The maximum absolute atomic E-state index is 13.5. The molecule has 0 aromatic heterocycles. The molecule has 2 atom stereocenters. The Balaban J connectivity index is 2.19. The van der Waals surface area contributed by atoms with Gasteiger partial charge in [0.05, 0.1) is 0 Å². The molecule has 86 valence electrons. The lowest BCUT2D eigenvalue weighted by Gasteiger charge is -2.37. The zero-order valence-corrected chi connectivity index (χ0v) is 10.1. The third-order valence-electron chi connectivity index (χ3n) is 3.54. The standard InChI is InChI=1S/C13H22FN/c1-10-5-13(9-12(2,3)4)6-11(14)8-15(13)7-10/h11H,1,5-9H2,2-4H3/t11-,13+/m1/s1. The first-order chi connectivity index (χ1) is 6.81. The Morgan fingerprint density at radius 2 is 2.20 bits per heavy atom. The third kappa shape index (κ3) is 2.10. The zero-order chi connectivity index (χ0) is 11.3. The van der Waals surface area contributed by atoms with Crippen molar-refractivity contribution in [3.05, 3.63) is 12.2 Å². The van der Waals surface area contributed by atoms with Gasteiger partial charge in [-0.1, -0.05) is 32.9 Å². The Kier molecular flexibility index (Phi) is 2.45. The summed E-state index contributed by atoms with van der Waals surface area (Å²) in [6.45, 7) is 12.3. The molecule has 2 fully saturated rings. The van der Waals surface area contributed by atoms with Crippen molar-refractivity contribution in [1.29, 1.82) is 0 Å². The summed E-state index contributed by atoms with van der Waals surface area (Å²) < 4.78 is 13.5. The first-order valence-electron chi connectivity index (χ1n) is 5.87. The highest BCUT2D eigenvalue weighted by Gasteiger charge is 2.51. The van der Waals surface area contributed by atoms with Crippen LogP contribution in [0.1, 0.15) is 40.0 Å². The normalized spacial score (nSPS) is 37.3. The van der Waals surface area contributed by atoms with Crippen LogP contribution >= 0.6 is 0 Å². The molecule has 2 heterocycles. The van der Waals surface area contributed by atoms with Gasteiger partial charge in [-0.3, -0.25) is 4.90 Å². The van der Waals surface area contributed by atoms with Crippen LogP contribution in [0.25, 0.3) is 0 Å². The fourth-order valence-corrected chi connectivity index (χ4v) is 3.48. The van der Waals surface area contributed by atoms with Crippen molar-refractivity contribution in [2.75, 3.05) is 13.1 Å². The molecular weight excluding hydrogens is 189 g/mol. The zero-order valence-electron chi connectivity index (χ0n) is 10.1. The molecular formula is C13H22FN. The van der Waals surface area contributed by atoms with Crippen LogP contribution in [0.15, 0.2) is 12.2 Å². The number of hydrogen-bond donors (Lipinski definition) is 0. The number of alkyl halides is 1. The smallest absolute Gasteiger partial charge is 0.115 e. The Labute approximate surface area is 92.3 Å². The molecule has 0 amide bonds. The minimum atomic E-state index is -0.625. The van der Waals surface area contributed by atoms with Crippen LogP contribution in [-0.2, 0) is 0 Å². The minimum absolute atomic E-state index is 0.0920. The third-order valence-corrected chi connectivity index (χ3v) is 3.54. The highest BCUT2D eigenvalue weighted by atomic mass is 19.1. The van der Waals surface area contributed by atoms with Crippen LogP contribution in [0.2, 0.25) is 0 Å². The molecule has 0 unspecified atom stereocenters. The molecule has 2 aliphatic heterocycles. The van der Waals surface area contributed by atoms with Gasteiger partial charge in [-0.15, -0.1) is 0 Å². The summed E-state index contributed by atoms with van der Waals surface area (Å²) in [5.41, 5.74) is 1.65. The monoisotopic (exact) mass is 211 g/mol. The molecule has 0 aromatic carbocycles. The van der Waals surface area contributed by atoms with Crippen molar-refractivity contribution in [2.24, 2.45) is 5.41 Å². The van der Waals surface area contributed by atoms with Crippen LogP contribution in [0, 0.1) is 5.41 Å². The summed E-state index contributed by atoms with van der Waals surface area (Å²) in [6.07, 6.45) is 2.17. The molecule has 2 aliphatic rings. The first-order valence-corrected chi connectivity index (χ1v) is 5.87. The van der Waals surface area contributed by atoms with Crippen LogP contribution in [0.5, 0.6) is 0 Å². The largest absolute Gasteiger partial charge is 0.290 e.